The zero-order valence-electron chi connectivity index (χ0n) is 15.2. The van der Waals surface area contributed by atoms with Crippen LogP contribution in [0.1, 0.15) is 57.6 Å². The van der Waals surface area contributed by atoms with Crippen LogP contribution in [0.3, 0.4) is 0 Å². The third-order valence-electron chi connectivity index (χ3n) is 6.04. The van der Waals surface area contributed by atoms with Crippen molar-refractivity contribution in [1.29, 1.82) is 0 Å². The van der Waals surface area contributed by atoms with E-state index in [-0.39, 0.29) is 5.41 Å². The van der Waals surface area contributed by atoms with Gasteiger partial charge in [0.1, 0.15) is 0 Å². The highest BCUT2D eigenvalue weighted by atomic mass is 16.6. The van der Waals surface area contributed by atoms with Gasteiger partial charge in [-0.2, -0.15) is 0 Å². The van der Waals surface area contributed by atoms with Gasteiger partial charge >= 0.3 is 0 Å². The van der Waals surface area contributed by atoms with Crippen LogP contribution in [-0.2, 0) is 11.0 Å². The van der Waals surface area contributed by atoms with Crippen LogP contribution in [0.25, 0.3) is 0 Å². The minimum Gasteiger partial charge on any atom is -0.472 e. The summed E-state index contributed by atoms with van der Waals surface area (Å²) in [4.78, 5) is 0. The van der Waals surface area contributed by atoms with Crippen LogP contribution < -0.4 is 14.8 Å². The van der Waals surface area contributed by atoms with Gasteiger partial charge in [-0.15, -0.1) is 0 Å². The molecule has 3 heteroatoms. The summed E-state index contributed by atoms with van der Waals surface area (Å²) in [6, 6.07) is 14.9. The summed E-state index contributed by atoms with van der Waals surface area (Å²) in [6.07, 6.45) is 4.26. The molecule has 3 nitrogen and oxygen atoms in total. The quantitative estimate of drug-likeness (QED) is 0.704. The Bertz CT molecular complexity index is 853. The Balaban J connectivity index is 1.69. The lowest BCUT2D eigenvalue weighted by molar-refractivity contribution is -0.146. The minimum absolute atomic E-state index is 0.0863. The van der Waals surface area contributed by atoms with Crippen LogP contribution >= 0.6 is 0 Å². The summed E-state index contributed by atoms with van der Waals surface area (Å²) >= 11 is 0. The molecule has 2 heterocycles. The molecule has 0 radical (unpaired) electrons. The summed E-state index contributed by atoms with van der Waals surface area (Å²) in [5.41, 5.74) is 2.84. The Morgan fingerprint density at radius 3 is 2.56 bits per heavy atom. The standard InChI is InChI=1S/C22H25NO2/c1-20(2,3)15-10-11-18-19(14-15)24-21-12-6-7-13-22(21,25-18)23-17-9-5-4-8-16(17)21/h4-5,8-11,14,23H,6-7,12-13H2,1-3H3/t21-,22-/m0/s1. The van der Waals surface area contributed by atoms with Crippen LogP contribution in [0.2, 0.25) is 0 Å². The Labute approximate surface area is 149 Å². The monoisotopic (exact) mass is 335 g/mol. The molecule has 0 aromatic heterocycles. The highest BCUT2D eigenvalue weighted by Gasteiger charge is 2.65. The Morgan fingerprint density at radius 1 is 0.920 bits per heavy atom. The molecule has 1 saturated carbocycles. The van der Waals surface area contributed by atoms with E-state index in [0.717, 1.165) is 42.9 Å². The molecule has 2 aromatic carbocycles. The fourth-order valence-corrected chi connectivity index (χ4v) is 4.69. The van der Waals surface area contributed by atoms with Crippen LogP contribution in [0.15, 0.2) is 42.5 Å². The average molecular weight is 335 g/mol. The number of anilines is 1. The van der Waals surface area contributed by atoms with Gasteiger partial charge in [0.2, 0.25) is 5.72 Å². The van der Waals surface area contributed by atoms with E-state index in [9.17, 15) is 0 Å². The SMILES string of the molecule is CC(C)(C)c1ccc2c(c1)O[C@]13CCCC[C@]1(Nc1ccccc13)O2. The van der Waals surface area contributed by atoms with Crippen molar-refractivity contribution < 1.29 is 9.47 Å². The second kappa shape index (κ2) is 4.72. The maximum absolute atomic E-state index is 6.81. The van der Waals surface area contributed by atoms with E-state index in [4.69, 9.17) is 9.47 Å². The highest BCUT2D eigenvalue weighted by Crippen LogP contribution is 2.60. The maximum Gasteiger partial charge on any atom is 0.225 e. The molecule has 0 saturated heterocycles. The van der Waals surface area contributed by atoms with Crippen LogP contribution in [0.5, 0.6) is 11.5 Å². The van der Waals surface area contributed by atoms with E-state index in [1.54, 1.807) is 0 Å². The molecule has 1 aliphatic carbocycles. The van der Waals surface area contributed by atoms with E-state index >= 15 is 0 Å². The first-order chi connectivity index (χ1) is 11.9. The maximum atomic E-state index is 6.81. The third-order valence-corrected chi connectivity index (χ3v) is 6.04. The van der Waals surface area contributed by atoms with Crippen molar-refractivity contribution in [3.05, 3.63) is 53.6 Å². The lowest BCUT2D eigenvalue weighted by Crippen LogP contribution is -2.63. The average Bonchev–Trinajstić information content (AvgIpc) is 2.88. The topological polar surface area (TPSA) is 30.5 Å². The van der Waals surface area contributed by atoms with Gasteiger partial charge in [-0.05, 0) is 48.4 Å². The summed E-state index contributed by atoms with van der Waals surface area (Å²) in [5.74, 6) is 1.73. The van der Waals surface area contributed by atoms with Crippen molar-refractivity contribution >= 4 is 5.69 Å². The lowest BCUT2D eigenvalue weighted by atomic mass is 9.74. The fourth-order valence-electron chi connectivity index (χ4n) is 4.69. The van der Waals surface area contributed by atoms with Crippen molar-refractivity contribution in [3.8, 4) is 11.5 Å². The van der Waals surface area contributed by atoms with Crippen LogP contribution in [0.4, 0.5) is 5.69 Å². The molecule has 1 N–H and O–H groups in total. The molecular formula is C22H25NO2. The van der Waals surface area contributed by atoms with E-state index < -0.39 is 11.3 Å². The van der Waals surface area contributed by atoms with E-state index in [1.165, 1.54) is 11.1 Å². The second-order valence-electron chi connectivity index (χ2n) is 8.65. The molecule has 25 heavy (non-hydrogen) atoms. The van der Waals surface area contributed by atoms with Crippen LogP contribution in [-0.4, -0.2) is 5.72 Å². The Hall–Kier alpha value is -2.16. The zero-order chi connectivity index (χ0) is 17.3. The van der Waals surface area contributed by atoms with Crippen molar-refractivity contribution in [2.75, 3.05) is 5.32 Å². The molecule has 0 unspecified atom stereocenters. The lowest BCUT2D eigenvalue weighted by Gasteiger charge is -2.51. The molecule has 2 aromatic rings. The number of fused-ring (bicyclic) bond motifs is 2. The molecule has 0 bridgehead atoms. The van der Waals surface area contributed by atoms with E-state index in [2.05, 4.69) is 68.6 Å². The van der Waals surface area contributed by atoms with Gasteiger partial charge in [0.05, 0.1) is 0 Å². The largest absolute Gasteiger partial charge is 0.472 e. The van der Waals surface area contributed by atoms with E-state index in [0.29, 0.717) is 0 Å². The van der Waals surface area contributed by atoms with Crippen LogP contribution in [0, 0.1) is 0 Å². The van der Waals surface area contributed by atoms with Gasteiger partial charge in [0, 0.05) is 17.7 Å². The molecule has 2 atom stereocenters. The van der Waals surface area contributed by atoms with Gasteiger partial charge in [-0.25, -0.2) is 0 Å². The normalized spacial score (nSPS) is 29.2. The van der Waals surface area contributed by atoms with Crippen molar-refractivity contribution in [3.63, 3.8) is 0 Å². The number of hydrogen-bond donors (Lipinski definition) is 1. The Morgan fingerprint density at radius 2 is 1.72 bits per heavy atom. The number of rotatable bonds is 0. The highest BCUT2D eigenvalue weighted by molar-refractivity contribution is 5.65. The zero-order valence-corrected chi connectivity index (χ0v) is 15.2. The molecule has 0 amide bonds. The summed E-state index contributed by atoms with van der Waals surface area (Å²) in [5, 5.41) is 3.68. The second-order valence-corrected chi connectivity index (χ2v) is 8.65. The van der Waals surface area contributed by atoms with Gasteiger partial charge in [-0.1, -0.05) is 45.0 Å². The van der Waals surface area contributed by atoms with E-state index in [1.807, 2.05) is 0 Å². The first-order valence-electron chi connectivity index (χ1n) is 9.34. The van der Waals surface area contributed by atoms with Crippen molar-refractivity contribution in [2.24, 2.45) is 0 Å². The molecule has 3 aliphatic rings. The first-order valence-corrected chi connectivity index (χ1v) is 9.34. The number of benzene rings is 2. The number of hydrogen-bond acceptors (Lipinski definition) is 3. The molecular weight excluding hydrogens is 310 g/mol. The van der Waals surface area contributed by atoms with Gasteiger partial charge in [-0.3, -0.25) is 0 Å². The van der Waals surface area contributed by atoms with Gasteiger partial charge in [0.15, 0.2) is 17.1 Å². The number of nitrogens with one attached hydrogen (secondary N) is 1. The van der Waals surface area contributed by atoms with Crippen molar-refractivity contribution in [2.45, 2.75) is 63.2 Å². The molecule has 1 fully saturated rings. The first kappa shape index (κ1) is 15.1. The Kier molecular flexibility index (Phi) is 2.85. The van der Waals surface area contributed by atoms with Crippen molar-refractivity contribution in [1.82, 2.24) is 0 Å². The predicted octanol–water partition coefficient (Wildman–Crippen LogP) is 5.35. The molecule has 130 valence electrons. The number of ether oxygens (including phenoxy) is 2. The molecule has 5 rings (SSSR count). The number of para-hydroxylation sites is 1. The molecule has 2 aliphatic heterocycles. The predicted molar refractivity (Wildman–Crippen MR) is 99.3 cm³/mol. The third kappa shape index (κ3) is 1.92. The van der Waals surface area contributed by atoms with Gasteiger partial charge < -0.3 is 14.8 Å². The summed E-state index contributed by atoms with van der Waals surface area (Å²) in [6.45, 7) is 6.69. The molecule has 0 spiro atoms. The fraction of sp³-hybridized carbons (Fsp3) is 0.455. The summed E-state index contributed by atoms with van der Waals surface area (Å²) < 4.78 is 13.5. The van der Waals surface area contributed by atoms with Gasteiger partial charge in [0.25, 0.3) is 0 Å². The smallest absolute Gasteiger partial charge is 0.225 e. The minimum atomic E-state index is -0.481. The summed E-state index contributed by atoms with van der Waals surface area (Å²) in [7, 11) is 0.